The molecule has 0 unspecified atom stereocenters. The van der Waals surface area contributed by atoms with E-state index >= 15 is 0 Å². The molecule has 0 heteroatoms. The molecule has 8 rings (SSSR count). The van der Waals surface area contributed by atoms with Crippen LogP contribution in [0.4, 0.5) is 0 Å². The van der Waals surface area contributed by atoms with E-state index in [-0.39, 0.29) is 52.6 Å². The quantitative estimate of drug-likeness (QED) is 0.184. The molecule has 0 aromatic heterocycles. The van der Waals surface area contributed by atoms with Gasteiger partial charge in [-0.05, 0) is 100 Å². The minimum atomic E-state index is -0.489. The zero-order valence-corrected chi connectivity index (χ0v) is 25.4. The highest BCUT2D eigenvalue weighted by Gasteiger charge is 2.37. The zero-order chi connectivity index (χ0) is 37.9. The Balaban J connectivity index is 1.62. The van der Waals surface area contributed by atoms with Gasteiger partial charge in [-0.15, -0.1) is 0 Å². The highest BCUT2D eigenvalue weighted by Crippen LogP contribution is 2.51. The molecule has 0 bridgehead atoms. The maximum Gasteiger partial charge on any atom is 0.0629 e. The van der Waals surface area contributed by atoms with Crippen LogP contribution in [0.5, 0.6) is 0 Å². The van der Waals surface area contributed by atoms with Gasteiger partial charge in [0.05, 0.1) is 12.3 Å². The first-order valence-corrected chi connectivity index (χ1v) is 15.3. The summed E-state index contributed by atoms with van der Waals surface area (Å²) in [6.07, 6.45) is 2.07. The third-order valence-corrected chi connectivity index (χ3v) is 9.74. The Bertz CT molecular complexity index is 2700. The lowest BCUT2D eigenvalue weighted by Gasteiger charge is -2.42. The second-order valence-corrected chi connectivity index (χ2v) is 13.3. The fourth-order valence-corrected chi connectivity index (χ4v) is 7.31. The van der Waals surface area contributed by atoms with E-state index in [0.29, 0.717) is 33.0 Å². The second-order valence-electron chi connectivity index (χ2n) is 13.3. The van der Waals surface area contributed by atoms with Gasteiger partial charge in [0.1, 0.15) is 0 Å². The molecule has 1 aliphatic rings. The Morgan fingerprint density at radius 3 is 1.80 bits per heavy atom. The molecule has 0 fully saturated rings. The van der Waals surface area contributed by atoms with Crippen LogP contribution in [0, 0.1) is 0 Å². The van der Waals surface area contributed by atoms with Crippen LogP contribution in [0.1, 0.15) is 64.0 Å². The lowest BCUT2D eigenvalue weighted by molar-refractivity contribution is 0.332. The van der Waals surface area contributed by atoms with Crippen molar-refractivity contribution in [3.63, 3.8) is 0 Å². The smallest absolute Gasteiger partial charge is 0.0622 e. The molecule has 0 atom stereocenters. The predicted octanol–water partition coefficient (Wildman–Crippen LogP) is 12.5. The minimum Gasteiger partial charge on any atom is -0.0622 e. The van der Waals surface area contributed by atoms with Crippen molar-refractivity contribution < 1.29 is 12.3 Å². The molecule has 0 amide bonds. The number of benzene rings is 7. The van der Waals surface area contributed by atoms with Crippen LogP contribution in [-0.4, -0.2) is 0 Å². The zero-order valence-electron chi connectivity index (χ0n) is 34.4. The van der Waals surface area contributed by atoms with Gasteiger partial charge in [-0.25, -0.2) is 0 Å². The predicted molar refractivity (Wildman–Crippen MR) is 191 cm³/mol. The molecule has 0 aliphatic heterocycles. The van der Waals surface area contributed by atoms with Crippen molar-refractivity contribution in [2.45, 2.75) is 51.4 Å². The summed E-state index contributed by atoms with van der Waals surface area (Å²) in [5.41, 5.74) is 5.41. The molecule has 0 nitrogen and oxygen atoms in total. The van der Waals surface area contributed by atoms with E-state index < -0.39 is 18.1 Å². The van der Waals surface area contributed by atoms with E-state index in [4.69, 9.17) is 9.60 Å². The largest absolute Gasteiger partial charge is 0.0629 e. The maximum absolute atomic E-state index is 9.53. The molecule has 0 spiro atoms. The van der Waals surface area contributed by atoms with Gasteiger partial charge in [-0.2, -0.15) is 0 Å². The van der Waals surface area contributed by atoms with Gasteiger partial charge in [0.15, 0.2) is 0 Å². The van der Waals surface area contributed by atoms with E-state index in [1.165, 1.54) is 11.1 Å². The Morgan fingerprint density at radius 1 is 0.477 bits per heavy atom. The van der Waals surface area contributed by atoms with E-state index in [0.717, 1.165) is 39.9 Å². The number of hydrogen-bond acceptors (Lipinski definition) is 0. The highest BCUT2D eigenvalue weighted by atomic mass is 14.4. The van der Waals surface area contributed by atoms with Crippen LogP contribution < -0.4 is 0 Å². The molecule has 7 aromatic carbocycles. The van der Waals surface area contributed by atoms with Gasteiger partial charge in [0.25, 0.3) is 0 Å². The van der Waals surface area contributed by atoms with Crippen LogP contribution in [0.25, 0.3) is 65.7 Å². The third-order valence-electron chi connectivity index (χ3n) is 9.74. The van der Waals surface area contributed by atoms with Crippen LogP contribution >= 0.6 is 0 Å². The van der Waals surface area contributed by atoms with Gasteiger partial charge in [-0.1, -0.05) is 161 Å². The molecule has 214 valence electrons. The summed E-state index contributed by atoms with van der Waals surface area (Å²) in [7, 11) is 0. The SMILES string of the molecule is [2H]c1c([2H])c([2H])c(-c2ccc3ccccc3c2-c2c3ccccc3c(-c3ccc4c(c3)C(C)(C)CCC4(C)C)c3c([2H])c([2H])c([2H])c([2H])c23)c([2H])c1[2H]. The lowest BCUT2D eigenvalue weighted by Crippen LogP contribution is -2.33. The average molecular weight is 576 g/mol. The molecule has 0 saturated heterocycles. The topological polar surface area (TPSA) is 0 Å². The standard InChI is InChI=1S/C44H38/c1-43(2)26-27-44(3,4)39-28-31(23-25-38(39)43)40-34-18-10-12-20-36(34)42(37-21-13-11-19-35(37)40)41-32-17-9-8-16-30(32)22-24-33(41)29-14-6-5-7-15-29/h5-25,28H,26-27H2,1-4H3/i5D,6D,7D,10D,12D,14D,15D,18D,20D. The van der Waals surface area contributed by atoms with Gasteiger partial charge < -0.3 is 0 Å². The Morgan fingerprint density at radius 2 is 1.07 bits per heavy atom. The summed E-state index contributed by atoms with van der Waals surface area (Å²) in [4.78, 5) is 0. The molecule has 0 heterocycles. The van der Waals surface area contributed by atoms with Gasteiger partial charge in [0.2, 0.25) is 0 Å². The Hall–Kier alpha value is -4.68. The van der Waals surface area contributed by atoms with Crippen molar-refractivity contribution in [1.29, 1.82) is 0 Å². The maximum atomic E-state index is 9.53. The van der Waals surface area contributed by atoms with E-state index in [1.807, 2.05) is 54.6 Å². The van der Waals surface area contributed by atoms with Crippen LogP contribution in [0.15, 0.2) is 133 Å². The molecule has 7 aromatic rings. The minimum absolute atomic E-state index is 0.0189. The van der Waals surface area contributed by atoms with E-state index in [9.17, 15) is 2.74 Å². The van der Waals surface area contributed by atoms with Crippen molar-refractivity contribution in [2.75, 3.05) is 0 Å². The molecular weight excluding hydrogens is 528 g/mol. The normalized spacial score (nSPS) is 18.3. The summed E-state index contributed by atoms with van der Waals surface area (Å²) in [5, 5.41) is 3.75. The van der Waals surface area contributed by atoms with Gasteiger partial charge in [0, 0.05) is 0 Å². The van der Waals surface area contributed by atoms with Crippen molar-refractivity contribution in [1.82, 2.24) is 0 Å². The molecule has 0 saturated carbocycles. The average Bonchev–Trinajstić information content (AvgIpc) is 3.15. The molecule has 1 aliphatic carbocycles. The van der Waals surface area contributed by atoms with Crippen LogP contribution in [0.2, 0.25) is 0 Å². The molecular formula is C44H38. The summed E-state index contributed by atoms with van der Waals surface area (Å²) < 4.78 is 80.2. The molecule has 0 radical (unpaired) electrons. The Labute approximate surface area is 273 Å². The fraction of sp³-hybridized carbons (Fsp3) is 0.182. The van der Waals surface area contributed by atoms with E-state index in [1.54, 1.807) is 6.07 Å². The number of rotatable bonds is 3. The summed E-state index contributed by atoms with van der Waals surface area (Å²) >= 11 is 0. The second kappa shape index (κ2) is 9.93. The van der Waals surface area contributed by atoms with Crippen molar-refractivity contribution in [3.05, 3.63) is 144 Å². The summed E-state index contributed by atoms with van der Waals surface area (Å²) in [5.74, 6) is 0. The monoisotopic (exact) mass is 575 g/mol. The first-order valence-electron chi connectivity index (χ1n) is 19.8. The number of fused-ring (bicyclic) bond motifs is 4. The first kappa shape index (κ1) is 18.9. The molecule has 0 N–H and O–H groups in total. The summed E-state index contributed by atoms with van der Waals surface area (Å²) in [6, 6.07) is 22.3. The van der Waals surface area contributed by atoms with Crippen molar-refractivity contribution in [3.8, 4) is 33.4 Å². The van der Waals surface area contributed by atoms with Crippen LogP contribution in [0.3, 0.4) is 0 Å². The fourth-order valence-electron chi connectivity index (χ4n) is 7.31. The molecule has 44 heavy (non-hydrogen) atoms. The summed E-state index contributed by atoms with van der Waals surface area (Å²) in [6.45, 7) is 9.07. The van der Waals surface area contributed by atoms with Crippen molar-refractivity contribution in [2.24, 2.45) is 0 Å². The number of hydrogen-bond donors (Lipinski definition) is 0. The third kappa shape index (κ3) is 4.12. The van der Waals surface area contributed by atoms with Crippen molar-refractivity contribution >= 4 is 32.3 Å². The van der Waals surface area contributed by atoms with Gasteiger partial charge >= 0.3 is 0 Å². The highest BCUT2D eigenvalue weighted by molar-refractivity contribution is 6.25. The van der Waals surface area contributed by atoms with Crippen LogP contribution in [-0.2, 0) is 10.8 Å². The van der Waals surface area contributed by atoms with E-state index in [2.05, 4.69) is 45.9 Å². The Kier molecular flexibility index (Phi) is 4.26. The van der Waals surface area contributed by atoms with Gasteiger partial charge in [-0.3, -0.25) is 0 Å². The lowest BCUT2D eigenvalue weighted by atomic mass is 9.63. The first-order chi connectivity index (χ1) is 25.1.